The molecule has 0 aliphatic carbocycles. The third-order valence-electron chi connectivity index (χ3n) is 4.29. The average molecular weight is 249 g/mol. The number of hydrogen-bond acceptors (Lipinski definition) is 2. The van der Waals surface area contributed by atoms with Crippen LogP contribution in [-0.2, 0) is 0 Å². The van der Waals surface area contributed by atoms with Crippen molar-refractivity contribution in [2.24, 2.45) is 17.6 Å². The minimum atomic E-state index is -0.0893. The van der Waals surface area contributed by atoms with E-state index in [0.29, 0.717) is 5.92 Å². The lowest BCUT2D eigenvalue weighted by Gasteiger charge is -2.29. The van der Waals surface area contributed by atoms with Crippen molar-refractivity contribution in [3.63, 3.8) is 0 Å². The molecular formula is C16H27NO. The molecular weight excluding hydrogens is 222 g/mol. The van der Waals surface area contributed by atoms with Crippen molar-refractivity contribution in [3.8, 4) is 0 Å². The van der Waals surface area contributed by atoms with E-state index in [9.17, 15) is 5.11 Å². The fourth-order valence-electron chi connectivity index (χ4n) is 2.70. The standard InChI is InChI=1S/C16H27NO/c1-9(2)14(8-18)16(17)15-12(5)10(3)7-11(4)13(15)6/h7,9,14,16,18H,8,17H2,1-6H3. The van der Waals surface area contributed by atoms with Gasteiger partial charge in [0.2, 0.25) is 0 Å². The minimum absolute atomic E-state index is 0.0893. The van der Waals surface area contributed by atoms with Gasteiger partial charge in [0.25, 0.3) is 0 Å². The highest BCUT2D eigenvalue weighted by molar-refractivity contribution is 5.45. The molecule has 1 rings (SSSR count). The maximum absolute atomic E-state index is 9.57. The van der Waals surface area contributed by atoms with Crippen LogP contribution in [0, 0.1) is 39.5 Å². The number of aryl methyl sites for hydroxylation is 2. The van der Waals surface area contributed by atoms with Crippen LogP contribution in [0.25, 0.3) is 0 Å². The molecule has 0 aliphatic rings. The van der Waals surface area contributed by atoms with Gasteiger partial charge < -0.3 is 10.8 Å². The SMILES string of the molecule is Cc1cc(C)c(C)c(C(N)C(CO)C(C)C)c1C. The van der Waals surface area contributed by atoms with Gasteiger partial charge in [0, 0.05) is 18.6 Å². The van der Waals surface area contributed by atoms with Crippen molar-refractivity contribution >= 4 is 0 Å². The molecule has 0 heterocycles. The molecule has 0 radical (unpaired) electrons. The summed E-state index contributed by atoms with van der Waals surface area (Å²) >= 11 is 0. The van der Waals surface area contributed by atoms with E-state index in [0.717, 1.165) is 0 Å². The summed E-state index contributed by atoms with van der Waals surface area (Å²) in [6.45, 7) is 12.9. The van der Waals surface area contributed by atoms with Gasteiger partial charge in [-0.15, -0.1) is 0 Å². The zero-order valence-corrected chi connectivity index (χ0v) is 12.5. The molecule has 0 aliphatic heterocycles. The fraction of sp³-hybridized carbons (Fsp3) is 0.625. The Balaban J connectivity index is 3.32. The lowest BCUT2D eigenvalue weighted by molar-refractivity contribution is 0.165. The lowest BCUT2D eigenvalue weighted by atomic mass is 9.80. The van der Waals surface area contributed by atoms with E-state index >= 15 is 0 Å². The summed E-state index contributed by atoms with van der Waals surface area (Å²) in [6, 6.07) is 2.12. The summed E-state index contributed by atoms with van der Waals surface area (Å²) in [5.74, 6) is 0.494. The molecule has 102 valence electrons. The van der Waals surface area contributed by atoms with E-state index in [2.05, 4.69) is 47.6 Å². The van der Waals surface area contributed by atoms with Crippen LogP contribution in [0.15, 0.2) is 6.07 Å². The van der Waals surface area contributed by atoms with Crippen molar-refractivity contribution < 1.29 is 5.11 Å². The third kappa shape index (κ3) is 2.76. The van der Waals surface area contributed by atoms with E-state index in [1.165, 1.54) is 27.8 Å². The number of rotatable bonds is 4. The number of aliphatic hydroxyl groups excluding tert-OH is 1. The molecule has 0 bridgehead atoms. The molecule has 0 spiro atoms. The first-order valence-electron chi connectivity index (χ1n) is 6.75. The van der Waals surface area contributed by atoms with Crippen LogP contribution in [0.5, 0.6) is 0 Å². The third-order valence-corrected chi connectivity index (χ3v) is 4.29. The predicted molar refractivity (Wildman–Crippen MR) is 77.7 cm³/mol. The maximum atomic E-state index is 9.57. The summed E-state index contributed by atoms with van der Waals surface area (Å²) in [6.07, 6.45) is 0. The van der Waals surface area contributed by atoms with Crippen molar-refractivity contribution in [3.05, 3.63) is 33.9 Å². The second kappa shape index (κ2) is 5.85. The van der Waals surface area contributed by atoms with Gasteiger partial charge in [0.15, 0.2) is 0 Å². The topological polar surface area (TPSA) is 46.2 Å². The lowest BCUT2D eigenvalue weighted by Crippen LogP contribution is -2.30. The molecule has 0 amide bonds. The summed E-state index contributed by atoms with van der Waals surface area (Å²) in [7, 11) is 0. The Morgan fingerprint density at radius 3 is 1.83 bits per heavy atom. The van der Waals surface area contributed by atoms with Crippen LogP contribution in [0.4, 0.5) is 0 Å². The van der Waals surface area contributed by atoms with Crippen LogP contribution in [0.1, 0.15) is 47.7 Å². The van der Waals surface area contributed by atoms with E-state index in [-0.39, 0.29) is 18.6 Å². The van der Waals surface area contributed by atoms with Gasteiger partial charge in [0.05, 0.1) is 0 Å². The first kappa shape index (κ1) is 15.2. The van der Waals surface area contributed by atoms with Gasteiger partial charge in [-0.25, -0.2) is 0 Å². The normalized spacial score (nSPS) is 14.9. The number of aliphatic hydroxyl groups is 1. The molecule has 0 saturated heterocycles. The molecule has 0 aromatic heterocycles. The van der Waals surface area contributed by atoms with E-state index in [1.807, 2.05) is 0 Å². The molecule has 18 heavy (non-hydrogen) atoms. The Bertz CT molecular complexity index is 397. The average Bonchev–Trinajstić information content (AvgIpc) is 2.27. The molecule has 2 atom stereocenters. The molecule has 2 unspecified atom stereocenters. The summed E-state index contributed by atoms with van der Waals surface area (Å²) in [4.78, 5) is 0. The molecule has 2 nitrogen and oxygen atoms in total. The quantitative estimate of drug-likeness (QED) is 0.861. The predicted octanol–water partition coefficient (Wildman–Crippen LogP) is 3.18. The number of benzene rings is 1. The summed E-state index contributed by atoms with van der Waals surface area (Å²) < 4.78 is 0. The van der Waals surface area contributed by atoms with E-state index < -0.39 is 0 Å². The second-order valence-corrected chi connectivity index (χ2v) is 5.79. The van der Waals surface area contributed by atoms with Crippen LogP contribution in [0.3, 0.4) is 0 Å². The van der Waals surface area contributed by atoms with Crippen molar-refractivity contribution in [1.82, 2.24) is 0 Å². The van der Waals surface area contributed by atoms with E-state index in [4.69, 9.17) is 5.73 Å². The Morgan fingerprint density at radius 2 is 1.50 bits per heavy atom. The highest BCUT2D eigenvalue weighted by Crippen LogP contribution is 2.32. The van der Waals surface area contributed by atoms with Crippen molar-refractivity contribution in [2.75, 3.05) is 6.61 Å². The Labute approximate surface area is 111 Å². The van der Waals surface area contributed by atoms with Crippen LogP contribution < -0.4 is 5.73 Å². The monoisotopic (exact) mass is 249 g/mol. The molecule has 1 aromatic carbocycles. The zero-order chi connectivity index (χ0) is 14.0. The van der Waals surface area contributed by atoms with Gasteiger partial charge in [-0.05, 0) is 61.4 Å². The van der Waals surface area contributed by atoms with Gasteiger partial charge in [-0.3, -0.25) is 0 Å². The summed E-state index contributed by atoms with van der Waals surface area (Å²) in [5.41, 5.74) is 12.8. The van der Waals surface area contributed by atoms with Crippen LogP contribution >= 0.6 is 0 Å². The number of nitrogens with two attached hydrogens (primary N) is 1. The van der Waals surface area contributed by atoms with Gasteiger partial charge >= 0.3 is 0 Å². The van der Waals surface area contributed by atoms with Crippen molar-refractivity contribution in [2.45, 2.75) is 47.6 Å². The van der Waals surface area contributed by atoms with Gasteiger partial charge in [0.1, 0.15) is 0 Å². The first-order valence-corrected chi connectivity index (χ1v) is 6.75. The van der Waals surface area contributed by atoms with Gasteiger partial charge in [-0.2, -0.15) is 0 Å². The largest absolute Gasteiger partial charge is 0.396 e. The minimum Gasteiger partial charge on any atom is -0.396 e. The van der Waals surface area contributed by atoms with Gasteiger partial charge in [-0.1, -0.05) is 19.9 Å². The Morgan fingerprint density at radius 1 is 1.06 bits per heavy atom. The molecule has 3 N–H and O–H groups in total. The smallest absolute Gasteiger partial charge is 0.0479 e. The molecule has 0 saturated carbocycles. The molecule has 1 aromatic rings. The number of hydrogen-bond donors (Lipinski definition) is 2. The summed E-state index contributed by atoms with van der Waals surface area (Å²) in [5, 5.41) is 9.57. The molecule has 0 fully saturated rings. The zero-order valence-electron chi connectivity index (χ0n) is 12.5. The van der Waals surface area contributed by atoms with Crippen LogP contribution in [0.2, 0.25) is 0 Å². The second-order valence-electron chi connectivity index (χ2n) is 5.79. The van der Waals surface area contributed by atoms with Crippen molar-refractivity contribution in [1.29, 1.82) is 0 Å². The highest BCUT2D eigenvalue weighted by Gasteiger charge is 2.25. The Hall–Kier alpha value is -0.860. The maximum Gasteiger partial charge on any atom is 0.0479 e. The molecule has 2 heteroatoms. The Kier molecular flexibility index (Phi) is 4.94. The highest BCUT2D eigenvalue weighted by atomic mass is 16.3. The fourth-order valence-corrected chi connectivity index (χ4v) is 2.70. The van der Waals surface area contributed by atoms with E-state index in [1.54, 1.807) is 0 Å². The van der Waals surface area contributed by atoms with Crippen LogP contribution in [-0.4, -0.2) is 11.7 Å². The first-order chi connectivity index (χ1) is 8.31.